The summed E-state index contributed by atoms with van der Waals surface area (Å²) >= 11 is 0. The molecule has 0 aliphatic carbocycles. The Kier molecular flexibility index (Phi) is 4.60. The number of hydrogen-bond donors (Lipinski definition) is 1. The van der Waals surface area contributed by atoms with Crippen molar-refractivity contribution in [2.24, 2.45) is 5.10 Å². The molecule has 1 amide bonds. The van der Waals surface area contributed by atoms with E-state index in [4.69, 9.17) is 0 Å². The van der Waals surface area contributed by atoms with Crippen LogP contribution >= 0.6 is 0 Å². The fourth-order valence-corrected chi connectivity index (χ4v) is 1.74. The molecule has 0 unspecified atom stereocenters. The molecule has 1 N–H and O–H groups in total. The molecule has 3 nitrogen and oxygen atoms in total. The van der Waals surface area contributed by atoms with Gasteiger partial charge >= 0.3 is 0 Å². The van der Waals surface area contributed by atoms with E-state index in [1.54, 1.807) is 6.21 Å². The first-order valence-electron chi connectivity index (χ1n) is 6.31. The third-order valence-corrected chi connectivity index (χ3v) is 2.88. The highest BCUT2D eigenvalue weighted by atomic mass is 19.1. The molecule has 0 saturated carbocycles. The van der Waals surface area contributed by atoms with Gasteiger partial charge in [-0.15, -0.1) is 0 Å². The summed E-state index contributed by atoms with van der Waals surface area (Å²) in [6, 6.07) is 15.3. The van der Waals surface area contributed by atoms with E-state index < -0.39 is 11.7 Å². The summed E-state index contributed by atoms with van der Waals surface area (Å²) in [6.45, 7) is 1.98. The summed E-state index contributed by atoms with van der Waals surface area (Å²) in [6.07, 6.45) is 1.65. The van der Waals surface area contributed by atoms with Gasteiger partial charge in [-0.2, -0.15) is 5.10 Å². The van der Waals surface area contributed by atoms with E-state index in [1.807, 2.05) is 37.3 Å². The van der Waals surface area contributed by atoms with Crippen LogP contribution < -0.4 is 5.43 Å². The molecule has 2 rings (SSSR count). The maximum atomic E-state index is 13.0. The summed E-state index contributed by atoms with van der Waals surface area (Å²) in [5, 5.41) is 3.91. The summed E-state index contributed by atoms with van der Waals surface area (Å²) < 4.78 is 13.0. The maximum absolute atomic E-state index is 13.0. The SMILES string of the molecule is C[C@H](/C=N\NC(=O)c1cccc(F)c1)c1ccccc1. The van der Waals surface area contributed by atoms with Gasteiger partial charge in [-0.25, -0.2) is 9.82 Å². The zero-order chi connectivity index (χ0) is 14.4. The molecule has 20 heavy (non-hydrogen) atoms. The Bertz CT molecular complexity index is 611. The number of carbonyl (C=O) groups excluding carboxylic acids is 1. The molecule has 0 spiro atoms. The summed E-state index contributed by atoms with van der Waals surface area (Å²) in [5.41, 5.74) is 3.74. The van der Waals surface area contributed by atoms with Crippen LogP contribution in [0.2, 0.25) is 0 Å². The van der Waals surface area contributed by atoms with Crippen molar-refractivity contribution in [1.82, 2.24) is 5.43 Å². The fourth-order valence-electron chi connectivity index (χ4n) is 1.74. The number of halogens is 1. The minimum atomic E-state index is -0.445. The molecule has 2 aromatic rings. The Balaban J connectivity index is 1.95. The van der Waals surface area contributed by atoms with Crippen molar-refractivity contribution in [1.29, 1.82) is 0 Å². The smallest absolute Gasteiger partial charge is 0.267 e. The van der Waals surface area contributed by atoms with Crippen molar-refractivity contribution < 1.29 is 9.18 Å². The maximum Gasteiger partial charge on any atom is 0.271 e. The molecule has 0 radical (unpaired) electrons. The zero-order valence-electron chi connectivity index (χ0n) is 11.1. The van der Waals surface area contributed by atoms with Crippen LogP contribution in [-0.4, -0.2) is 12.1 Å². The van der Waals surface area contributed by atoms with E-state index in [0.29, 0.717) is 0 Å². The molecular formula is C16H15FN2O. The number of amides is 1. The number of rotatable bonds is 4. The second-order valence-electron chi connectivity index (χ2n) is 4.43. The van der Waals surface area contributed by atoms with E-state index in [0.717, 1.165) is 5.56 Å². The first kappa shape index (κ1) is 13.9. The average molecular weight is 270 g/mol. The van der Waals surface area contributed by atoms with Crippen molar-refractivity contribution in [3.63, 3.8) is 0 Å². The Morgan fingerprint density at radius 2 is 1.95 bits per heavy atom. The van der Waals surface area contributed by atoms with Gasteiger partial charge < -0.3 is 0 Å². The van der Waals surface area contributed by atoms with Gasteiger partial charge in [0, 0.05) is 17.7 Å². The van der Waals surface area contributed by atoms with E-state index in [9.17, 15) is 9.18 Å². The van der Waals surface area contributed by atoms with Crippen molar-refractivity contribution in [3.8, 4) is 0 Å². The molecule has 2 aromatic carbocycles. The molecule has 0 aliphatic heterocycles. The molecule has 4 heteroatoms. The summed E-state index contributed by atoms with van der Waals surface area (Å²) in [4.78, 5) is 11.7. The number of carbonyl (C=O) groups is 1. The second kappa shape index (κ2) is 6.61. The van der Waals surface area contributed by atoms with E-state index in [1.165, 1.54) is 24.3 Å². The van der Waals surface area contributed by atoms with E-state index in [2.05, 4.69) is 10.5 Å². The van der Waals surface area contributed by atoms with Crippen molar-refractivity contribution in [2.75, 3.05) is 0 Å². The first-order chi connectivity index (χ1) is 9.66. The predicted octanol–water partition coefficient (Wildman–Crippen LogP) is 3.35. The molecule has 1 atom stereocenters. The third-order valence-electron chi connectivity index (χ3n) is 2.88. The van der Waals surface area contributed by atoms with Crippen LogP contribution in [0.25, 0.3) is 0 Å². The molecule has 0 fully saturated rings. The Labute approximate surface area is 117 Å². The molecule has 0 aromatic heterocycles. The minimum Gasteiger partial charge on any atom is -0.267 e. The predicted molar refractivity (Wildman–Crippen MR) is 77.2 cm³/mol. The molecule has 0 saturated heterocycles. The van der Waals surface area contributed by atoms with Crippen LogP contribution in [0.5, 0.6) is 0 Å². The number of nitrogens with one attached hydrogen (secondary N) is 1. The highest BCUT2D eigenvalue weighted by molar-refractivity contribution is 5.94. The van der Waals surface area contributed by atoms with Crippen LogP contribution in [0.3, 0.4) is 0 Å². The van der Waals surface area contributed by atoms with Gasteiger partial charge in [-0.1, -0.05) is 43.3 Å². The lowest BCUT2D eigenvalue weighted by molar-refractivity contribution is 0.0954. The zero-order valence-corrected chi connectivity index (χ0v) is 11.1. The van der Waals surface area contributed by atoms with Gasteiger partial charge in [-0.05, 0) is 23.8 Å². The molecule has 0 heterocycles. The van der Waals surface area contributed by atoms with Gasteiger partial charge in [0.15, 0.2) is 0 Å². The van der Waals surface area contributed by atoms with E-state index >= 15 is 0 Å². The van der Waals surface area contributed by atoms with Crippen LogP contribution in [0.1, 0.15) is 28.8 Å². The number of nitrogens with zero attached hydrogens (tertiary/aromatic N) is 1. The number of hydrazone groups is 1. The lowest BCUT2D eigenvalue weighted by Gasteiger charge is -2.05. The minimum absolute atomic E-state index is 0.0870. The highest BCUT2D eigenvalue weighted by Crippen LogP contribution is 2.11. The van der Waals surface area contributed by atoms with Gasteiger partial charge in [0.1, 0.15) is 5.82 Å². The first-order valence-corrected chi connectivity index (χ1v) is 6.31. The van der Waals surface area contributed by atoms with Crippen molar-refractivity contribution >= 4 is 12.1 Å². The number of hydrogen-bond acceptors (Lipinski definition) is 2. The lowest BCUT2D eigenvalue weighted by Crippen LogP contribution is -2.18. The standard InChI is InChI=1S/C16H15FN2O/c1-12(13-6-3-2-4-7-13)11-18-19-16(20)14-8-5-9-15(17)10-14/h2-12H,1H3,(H,19,20)/b18-11-/t12-/m1/s1. The summed E-state index contributed by atoms with van der Waals surface area (Å²) in [7, 11) is 0. The van der Waals surface area contributed by atoms with Crippen LogP contribution in [0.4, 0.5) is 4.39 Å². The Hall–Kier alpha value is -2.49. The molecule has 0 bridgehead atoms. The van der Waals surface area contributed by atoms with E-state index in [-0.39, 0.29) is 11.5 Å². The highest BCUT2D eigenvalue weighted by Gasteiger charge is 2.05. The summed E-state index contributed by atoms with van der Waals surface area (Å²) in [5.74, 6) is -0.788. The second-order valence-corrected chi connectivity index (χ2v) is 4.43. The normalized spacial score (nSPS) is 12.3. The topological polar surface area (TPSA) is 41.5 Å². The van der Waals surface area contributed by atoms with Crippen LogP contribution in [-0.2, 0) is 0 Å². The quantitative estimate of drug-likeness (QED) is 0.672. The Morgan fingerprint density at radius 3 is 2.65 bits per heavy atom. The monoisotopic (exact) mass is 270 g/mol. The fraction of sp³-hybridized carbons (Fsp3) is 0.125. The number of benzene rings is 2. The van der Waals surface area contributed by atoms with Gasteiger partial charge in [0.25, 0.3) is 5.91 Å². The van der Waals surface area contributed by atoms with Crippen molar-refractivity contribution in [3.05, 3.63) is 71.5 Å². The van der Waals surface area contributed by atoms with Crippen LogP contribution in [0, 0.1) is 5.82 Å². The third kappa shape index (κ3) is 3.75. The van der Waals surface area contributed by atoms with Gasteiger partial charge in [-0.3, -0.25) is 4.79 Å². The lowest BCUT2D eigenvalue weighted by atomic mass is 10.0. The average Bonchev–Trinajstić information content (AvgIpc) is 2.48. The Morgan fingerprint density at radius 1 is 1.20 bits per heavy atom. The van der Waals surface area contributed by atoms with Gasteiger partial charge in [0.2, 0.25) is 0 Å². The van der Waals surface area contributed by atoms with Crippen LogP contribution in [0.15, 0.2) is 59.7 Å². The molecular weight excluding hydrogens is 255 g/mol. The largest absolute Gasteiger partial charge is 0.271 e. The van der Waals surface area contributed by atoms with Crippen molar-refractivity contribution in [2.45, 2.75) is 12.8 Å². The van der Waals surface area contributed by atoms with Gasteiger partial charge in [0.05, 0.1) is 0 Å². The molecule has 102 valence electrons. The molecule has 0 aliphatic rings.